The van der Waals surface area contributed by atoms with Crippen molar-refractivity contribution in [3.8, 4) is 0 Å². The van der Waals surface area contributed by atoms with E-state index in [0.29, 0.717) is 18.0 Å². The summed E-state index contributed by atoms with van der Waals surface area (Å²) in [5, 5.41) is 5.10. The molecule has 0 aliphatic rings. The maximum absolute atomic E-state index is 12.9. The summed E-state index contributed by atoms with van der Waals surface area (Å²) in [5.41, 5.74) is -0.483. The molecule has 1 N–H and O–H groups in total. The Hall–Kier alpha value is -0.690. The highest BCUT2D eigenvalue weighted by Gasteiger charge is 2.34. The number of sulfonamides is 1. The van der Waals surface area contributed by atoms with Crippen molar-refractivity contribution in [2.45, 2.75) is 51.1 Å². The van der Waals surface area contributed by atoms with E-state index in [9.17, 15) is 8.42 Å². The van der Waals surface area contributed by atoms with Crippen LogP contribution in [0.3, 0.4) is 0 Å². The van der Waals surface area contributed by atoms with E-state index in [0.717, 1.165) is 17.8 Å². The van der Waals surface area contributed by atoms with Gasteiger partial charge in [-0.05, 0) is 45.2 Å². The first-order chi connectivity index (χ1) is 9.75. The first kappa shape index (κ1) is 18.4. The van der Waals surface area contributed by atoms with Crippen molar-refractivity contribution in [3.05, 3.63) is 29.0 Å². The molecular formula is C15H26N2O2S2. The quantitative estimate of drug-likeness (QED) is 0.588. The summed E-state index contributed by atoms with van der Waals surface area (Å²) in [6.45, 7) is 13.2. The first-order valence-electron chi connectivity index (χ1n) is 7.16. The van der Waals surface area contributed by atoms with E-state index < -0.39 is 15.6 Å². The summed E-state index contributed by atoms with van der Waals surface area (Å²) in [4.78, 5) is 1.27. The van der Waals surface area contributed by atoms with Crippen LogP contribution >= 0.6 is 11.3 Å². The molecule has 21 heavy (non-hydrogen) atoms. The van der Waals surface area contributed by atoms with E-state index in [1.165, 1.54) is 15.6 Å². The molecule has 1 aromatic heterocycles. The van der Waals surface area contributed by atoms with Gasteiger partial charge >= 0.3 is 0 Å². The summed E-state index contributed by atoms with van der Waals surface area (Å²) in [5.74, 6) is 0. The van der Waals surface area contributed by atoms with Gasteiger partial charge in [0.15, 0.2) is 0 Å². The fraction of sp³-hybridized carbons (Fsp3) is 0.600. The summed E-state index contributed by atoms with van der Waals surface area (Å²) in [6, 6.07) is 1.70. The van der Waals surface area contributed by atoms with Gasteiger partial charge in [-0.2, -0.15) is 4.31 Å². The molecule has 1 rings (SSSR count). The fourth-order valence-corrected chi connectivity index (χ4v) is 5.18. The van der Waals surface area contributed by atoms with E-state index in [1.807, 2.05) is 26.2 Å². The van der Waals surface area contributed by atoms with Crippen molar-refractivity contribution < 1.29 is 8.42 Å². The minimum atomic E-state index is -3.51. The molecule has 0 amide bonds. The Morgan fingerprint density at radius 3 is 2.62 bits per heavy atom. The predicted molar refractivity (Wildman–Crippen MR) is 90.2 cm³/mol. The average Bonchev–Trinajstić information content (AvgIpc) is 2.84. The number of rotatable bonds is 8. The molecule has 0 fully saturated rings. The average molecular weight is 331 g/mol. The molecule has 0 spiro atoms. The van der Waals surface area contributed by atoms with Gasteiger partial charge in [-0.1, -0.05) is 13.0 Å². The van der Waals surface area contributed by atoms with E-state index in [1.54, 1.807) is 12.1 Å². The number of nitrogens with one attached hydrogen (secondary N) is 1. The van der Waals surface area contributed by atoms with Crippen LogP contribution in [0.2, 0.25) is 0 Å². The van der Waals surface area contributed by atoms with Gasteiger partial charge in [0, 0.05) is 23.5 Å². The van der Waals surface area contributed by atoms with Crippen LogP contribution in [-0.2, 0) is 16.6 Å². The van der Waals surface area contributed by atoms with E-state index in [2.05, 4.69) is 18.8 Å². The van der Waals surface area contributed by atoms with Crippen molar-refractivity contribution >= 4 is 21.4 Å². The Kier molecular flexibility index (Phi) is 6.59. The monoisotopic (exact) mass is 330 g/mol. The van der Waals surface area contributed by atoms with Gasteiger partial charge in [0.05, 0.1) is 4.90 Å². The lowest BCUT2D eigenvalue weighted by atomic mass is 10.1. The number of thiophene rings is 1. The molecule has 120 valence electrons. The second-order valence-corrected chi connectivity index (χ2v) is 8.71. The van der Waals surface area contributed by atoms with E-state index >= 15 is 0 Å². The minimum absolute atomic E-state index is 0.309. The lowest BCUT2D eigenvalue weighted by molar-refractivity contribution is 0.269. The Labute approximate surface area is 132 Å². The van der Waals surface area contributed by atoms with Gasteiger partial charge in [0.2, 0.25) is 10.0 Å². The zero-order valence-corrected chi connectivity index (χ0v) is 15.0. The van der Waals surface area contributed by atoms with Gasteiger partial charge in [0.25, 0.3) is 0 Å². The minimum Gasteiger partial charge on any atom is -0.312 e. The fourth-order valence-electron chi connectivity index (χ4n) is 2.03. The molecule has 0 saturated heterocycles. The highest BCUT2D eigenvalue weighted by molar-refractivity contribution is 7.89. The molecule has 0 unspecified atom stereocenters. The highest BCUT2D eigenvalue weighted by Crippen LogP contribution is 2.29. The standard InChI is InChI=1S/C15H26N2O2S2/c1-6-9-16-12-13-14(8-11-20-13)21(18,19)17(10-7-2)15(3,4)5/h7-8,11,16H,2,6,9-10,12H2,1,3-5H3. The summed E-state index contributed by atoms with van der Waals surface area (Å²) in [6.07, 6.45) is 2.65. The zero-order chi connectivity index (χ0) is 16.1. The molecule has 1 aromatic rings. The van der Waals surface area contributed by atoms with Crippen molar-refractivity contribution in [1.29, 1.82) is 0 Å². The lowest BCUT2D eigenvalue weighted by Gasteiger charge is -2.33. The topological polar surface area (TPSA) is 49.4 Å². The summed E-state index contributed by atoms with van der Waals surface area (Å²) < 4.78 is 27.4. The van der Waals surface area contributed by atoms with Gasteiger partial charge in [-0.3, -0.25) is 0 Å². The summed E-state index contributed by atoms with van der Waals surface area (Å²) >= 11 is 1.48. The van der Waals surface area contributed by atoms with Gasteiger partial charge in [-0.15, -0.1) is 17.9 Å². The first-order valence-corrected chi connectivity index (χ1v) is 9.48. The Balaban J connectivity index is 3.11. The van der Waals surface area contributed by atoms with Crippen molar-refractivity contribution in [2.24, 2.45) is 0 Å². The maximum Gasteiger partial charge on any atom is 0.244 e. The van der Waals surface area contributed by atoms with Gasteiger partial charge < -0.3 is 5.32 Å². The zero-order valence-electron chi connectivity index (χ0n) is 13.3. The van der Waals surface area contributed by atoms with Crippen LogP contribution < -0.4 is 5.32 Å². The van der Waals surface area contributed by atoms with Crippen LogP contribution in [0.1, 0.15) is 39.0 Å². The van der Waals surface area contributed by atoms with Crippen molar-refractivity contribution in [2.75, 3.05) is 13.1 Å². The van der Waals surface area contributed by atoms with Crippen LogP contribution in [0.5, 0.6) is 0 Å². The molecule has 0 atom stereocenters. The third kappa shape index (κ3) is 4.64. The highest BCUT2D eigenvalue weighted by atomic mass is 32.2. The SMILES string of the molecule is C=CCN(C(C)(C)C)S(=O)(=O)c1ccsc1CNCCC. The molecule has 0 saturated carbocycles. The number of hydrogen-bond donors (Lipinski definition) is 1. The molecule has 1 heterocycles. The Bertz CT molecular complexity index is 556. The molecule has 4 nitrogen and oxygen atoms in total. The third-order valence-electron chi connectivity index (χ3n) is 3.03. The molecule has 0 radical (unpaired) electrons. The predicted octanol–water partition coefficient (Wildman–Crippen LogP) is 3.22. The van der Waals surface area contributed by atoms with Crippen molar-refractivity contribution in [1.82, 2.24) is 9.62 Å². The Morgan fingerprint density at radius 2 is 2.10 bits per heavy atom. The second kappa shape index (κ2) is 7.54. The third-order valence-corrected chi connectivity index (χ3v) is 6.29. The number of nitrogens with zero attached hydrogens (tertiary/aromatic N) is 1. The van der Waals surface area contributed by atoms with Gasteiger partial charge in [-0.25, -0.2) is 8.42 Å². The van der Waals surface area contributed by atoms with Crippen LogP contribution in [-0.4, -0.2) is 31.4 Å². The number of hydrogen-bond acceptors (Lipinski definition) is 4. The van der Waals surface area contributed by atoms with Gasteiger partial charge in [0.1, 0.15) is 0 Å². The van der Waals surface area contributed by atoms with Crippen LogP contribution in [0.4, 0.5) is 0 Å². The van der Waals surface area contributed by atoms with Crippen molar-refractivity contribution in [3.63, 3.8) is 0 Å². The summed E-state index contributed by atoms with van der Waals surface area (Å²) in [7, 11) is -3.51. The Morgan fingerprint density at radius 1 is 1.43 bits per heavy atom. The van der Waals surface area contributed by atoms with E-state index in [-0.39, 0.29) is 0 Å². The smallest absolute Gasteiger partial charge is 0.244 e. The lowest BCUT2D eigenvalue weighted by Crippen LogP contribution is -2.45. The molecule has 6 heteroatoms. The molecular weight excluding hydrogens is 304 g/mol. The van der Waals surface area contributed by atoms with Crippen LogP contribution in [0.15, 0.2) is 29.0 Å². The normalized spacial score (nSPS) is 12.8. The molecule has 0 aromatic carbocycles. The molecule has 0 aliphatic heterocycles. The van der Waals surface area contributed by atoms with E-state index in [4.69, 9.17) is 0 Å². The van der Waals surface area contributed by atoms with Crippen LogP contribution in [0.25, 0.3) is 0 Å². The molecule has 0 bridgehead atoms. The largest absolute Gasteiger partial charge is 0.312 e. The maximum atomic E-state index is 12.9. The molecule has 0 aliphatic carbocycles. The second-order valence-electron chi connectivity index (χ2n) is 5.88. The van der Waals surface area contributed by atoms with Crippen LogP contribution in [0, 0.1) is 0 Å².